The van der Waals surface area contributed by atoms with E-state index in [0.29, 0.717) is 30.8 Å². The molecule has 0 bridgehead atoms. The summed E-state index contributed by atoms with van der Waals surface area (Å²) in [6.45, 7) is 0.754. The number of nitrogens with one attached hydrogen (secondary N) is 1. The van der Waals surface area contributed by atoms with Gasteiger partial charge in [0.15, 0.2) is 0 Å². The summed E-state index contributed by atoms with van der Waals surface area (Å²) in [5.41, 5.74) is 0. The maximum atomic E-state index is 12.3. The molecule has 0 spiro atoms. The van der Waals surface area contributed by atoms with E-state index in [1.807, 2.05) is 0 Å². The Balaban J connectivity index is 2.07. The lowest BCUT2D eigenvalue weighted by atomic mass is 9.97. The number of nitrogens with zero attached hydrogens (tertiary/aromatic N) is 1. The van der Waals surface area contributed by atoms with Crippen LogP contribution in [0.25, 0.3) is 0 Å². The van der Waals surface area contributed by atoms with Crippen LogP contribution in [0.5, 0.6) is 0 Å². The minimum absolute atomic E-state index is 0.0683. The van der Waals surface area contributed by atoms with E-state index < -0.39 is 21.9 Å². The zero-order chi connectivity index (χ0) is 15.6. The van der Waals surface area contributed by atoms with E-state index in [9.17, 15) is 18.0 Å². The molecule has 1 amide bonds. The van der Waals surface area contributed by atoms with Gasteiger partial charge in [-0.25, -0.2) is 13.1 Å². The van der Waals surface area contributed by atoms with Gasteiger partial charge in [0.1, 0.15) is 0 Å². The van der Waals surface area contributed by atoms with Crippen molar-refractivity contribution in [3.05, 3.63) is 16.3 Å². The average Bonchev–Trinajstić information content (AvgIpc) is 2.97. The highest BCUT2D eigenvalue weighted by Gasteiger charge is 2.28. The number of sulfonamides is 1. The van der Waals surface area contributed by atoms with E-state index in [-0.39, 0.29) is 10.8 Å². The molecule has 0 saturated carbocycles. The van der Waals surface area contributed by atoms with Crippen molar-refractivity contribution >= 4 is 33.2 Å². The molecule has 1 aliphatic heterocycles. The molecule has 2 N–H and O–H groups in total. The minimum Gasteiger partial charge on any atom is -0.481 e. The van der Waals surface area contributed by atoms with E-state index in [0.717, 1.165) is 11.3 Å². The first kappa shape index (κ1) is 15.9. The van der Waals surface area contributed by atoms with Crippen molar-refractivity contribution in [2.24, 2.45) is 5.92 Å². The van der Waals surface area contributed by atoms with Crippen molar-refractivity contribution in [1.82, 2.24) is 9.62 Å². The summed E-state index contributed by atoms with van der Waals surface area (Å²) in [6, 6.07) is 1.35. The summed E-state index contributed by atoms with van der Waals surface area (Å²) in [5, 5.41) is 10.3. The topological polar surface area (TPSA) is 104 Å². The fourth-order valence-corrected chi connectivity index (χ4v) is 4.15. The van der Waals surface area contributed by atoms with Gasteiger partial charge in [-0.1, -0.05) is 0 Å². The molecule has 1 aliphatic rings. The second-order valence-corrected chi connectivity index (χ2v) is 7.56. The molecule has 21 heavy (non-hydrogen) atoms. The summed E-state index contributed by atoms with van der Waals surface area (Å²) in [7, 11) is -2.24. The first-order valence-electron chi connectivity index (χ1n) is 6.39. The molecule has 9 heteroatoms. The Labute approximate surface area is 126 Å². The Morgan fingerprint density at radius 3 is 2.52 bits per heavy atom. The third kappa shape index (κ3) is 3.42. The molecule has 0 atom stereocenters. The van der Waals surface area contributed by atoms with Crippen LogP contribution in [-0.2, 0) is 14.8 Å². The molecule has 0 radical (unpaired) electrons. The maximum Gasteiger partial charge on any atom is 0.306 e. The fraction of sp³-hybridized carbons (Fsp3) is 0.500. The minimum atomic E-state index is -3.55. The predicted molar refractivity (Wildman–Crippen MR) is 76.8 cm³/mol. The molecule has 1 fully saturated rings. The van der Waals surface area contributed by atoms with Crippen LogP contribution in [0.15, 0.2) is 16.3 Å². The highest BCUT2D eigenvalue weighted by Crippen LogP contribution is 2.24. The number of likely N-dealkylation sites (tertiary alicyclic amines) is 1. The first-order chi connectivity index (χ1) is 9.85. The van der Waals surface area contributed by atoms with Crippen molar-refractivity contribution in [2.45, 2.75) is 17.7 Å². The highest BCUT2D eigenvalue weighted by atomic mass is 32.2. The maximum absolute atomic E-state index is 12.3. The number of rotatable bonds is 4. The molecular formula is C12H16N2O5S2. The summed E-state index contributed by atoms with van der Waals surface area (Å²) in [4.78, 5) is 25.1. The average molecular weight is 332 g/mol. The van der Waals surface area contributed by atoms with Gasteiger partial charge in [-0.05, 0) is 26.0 Å². The third-order valence-electron chi connectivity index (χ3n) is 3.50. The number of piperidine rings is 1. The number of carboxylic acid groups (broad SMARTS) is 1. The fourth-order valence-electron chi connectivity index (χ4n) is 2.18. The van der Waals surface area contributed by atoms with Crippen molar-refractivity contribution in [3.63, 3.8) is 0 Å². The van der Waals surface area contributed by atoms with Gasteiger partial charge in [0.2, 0.25) is 10.0 Å². The molecule has 7 nitrogen and oxygen atoms in total. The Morgan fingerprint density at radius 1 is 1.38 bits per heavy atom. The van der Waals surface area contributed by atoms with Crippen LogP contribution < -0.4 is 4.72 Å². The van der Waals surface area contributed by atoms with E-state index in [1.54, 1.807) is 4.90 Å². The van der Waals surface area contributed by atoms with Gasteiger partial charge in [-0.3, -0.25) is 9.59 Å². The SMILES string of the molecule is CNS(=O)(=O)c1csc(C(=O)N2CCC(C(=O)O)CC2)c1. The van der Waals surface area contributed by atoms with Crippen LogP contribution in [-0.4, -0.2) is 50.4 Å². The molecule has 0 unspecified atom stereocenters. The first-order valence-corrected chi connectivity index (χ1v) is 8.75. The normalized spacial score (nSPS) is 16.9. The lowest BCUT2D eigenvalue weighted by molar-refractivity contribution is -0.143. The zero-order valence-corrected chi connectivity index (χ0v) is 13.0. The van der Waals surface area contributed by atoms with Crippen LogP contribution in [0.1, 0.15) is 22.5 Å². The monoisotopic (exact) mass is 332 g/mol. The van der Waals surface area contributed by atoms with Gasteiger partial charge in [0, 0.05) is 18.5 Å². The third-order valence-corrected chi connectivity index (χ3v) is 5.96. The van der Waals surface area contributed by atoms with Crippen LogP contribution in [0, 0.1) is 5.92 Å². The van der Waals surface area contributed by atoms with Gasteiger partial charge in [0.05, 0.1) is 15.7 Å². The van der Waals surface area contributed by atoms with E-state index >= 15 is 0 Å². The Bertz CT molecular complexity index is 644. The number of carboxylic acids is 1. The number of aliphatic carboxylic acids is 1. The smallest absolute Gasteiger partial charge is 0.306 e. The largest absolute Gasteiger partial charge is 0.481 e. The van der Waals surface area contributed by atoms with Crippen molar-refractivity contribution in [3.8, 4) is 0 Å². The summed E-state index contributed by atoms with van der Waals surface area (Å²) >= 11 is 1.07. The van der Waals surface area contributed by atoms with E-state index in [1.165, 1.54) is 18.5 Å². The van der Waals surface area contributed by atoms with E-state index in [2.05, 4.69) is 4.72 Å². The summed E-state index contributed by atoms with van der Waals surface area (Å²) < 4.78 is 25.5. The van der Waals surface area contributed by atoms with Gasteiger partial charge in [0.25, 0.3) is 5.91 Å². The predicted octanol–water partition coefficient (Wildman–Crippen LogP) is 0.593. The molecule has 2 rings (SSSR count). The lowest BCUT2D eigenvalue weighted by Crippen LogP contribution is -2.40. The molecule has 116 valence electrons. The summed E-state index contributed by atoms with van der Waals surface area (Å²) in [6.07, 6.45) is 0.849. The molecular weight excluding hydrogens is 316 g/mol. The van der Waals surface area contributed by atoms with Gasteiger partial charge < -0.3 is 10.0 Å². The van der Waals surface area contributed by atoms with Crippen LogP contribution >= 0.6 is 11.3 Å². The Kier molecular flexibility index (Phi) is 4.64. The molecule has 2 heterocycles. The summed E-state index contributed by atoms with van der Waals surface area (Å²) in [5.74, 6) is -1.49. The number of thiophene rings is 1. The quantitative estimate of drug-likeness (QED) is 0.840. The van der Waals surface area contributed by atoms with Crippen molar-refractivity contribution in [1.29, 1.82) is 0 Å². The van der Waals surface area contributed by atoms with Crippen molar-refractivity contribution < 1.29 is 23.1 Å². The second-order valence-electron chi connectivity index (χ2n) is 4.76. The van der Waals surface area contributed by atoms with Crippen molar-refractivity contribution in [2.75, 3.05) is 20.1 Å². The van der Waals surface area contributed by atoms with Gasteiger partial charge in [-0.15, -0.1) is 11.3 Å². The number of hydrogen-bond acceptors (Lipinski definition) is 5. The zero-order valence-electron chi connectivity index (χ0n) is 11.4. The van der Waals surface area contributed by atoms with Gasteiger partial charge >= 0.3 is 5.97 Å². The Hall–Kier alpha value is -1.45. The van der Waals surface area contributed by atoms with Crippen LogP contribution in [0.4, 0.5) is 0 Å². The second kappa shape index (κ2) is 6.12. The number of amides is 1. The number of carbonyl (C=O) groups excluding carboxylic acids is 1. The Morgan fingerprint density at radius 2 is 2.00 bits per heavy atom. The molecule has 1 aromatic rings. The molecule has 1 aromatic heterocycles. The molecule has 0 aliphatic carbocycles. The number of carbonyl (C=O) groups is 2. The van der Waals surface area contributed by atoms with E-state index in [4.69, 9.17) is 5.11 Å². The molecule has 0 aromatic carbocycles. The lowest BCUT2D eigenvalue weighted by Gasteiger charge is -2.29. The standard InChI is InChI=1S/C12H16N2O5S2/c1-13-21(18,19)9-6-10(20-7-9)11(15)14-4-2-8(3-5-14)12(16)17/h6-8,13H,2-5H2,1H3,(H,16,17). The molecule has 1 saturated heterocycles. The van der Waals surface area contributed by atoms with Crippen LogP contribution in [0.3, 0.4) is 0 Å². The van der Waals surface area contributed by atoms with Gasteiger partial charge in [-0.2, -0.15) is 0 Å². The highest BCUT2D eigenvalue weighted by molar-refractivity contribution is 7.89. The number of hydrogen-bond donors (Lipinski definition) is 2. The van der Waals surface area contributed by atoms with Crippen LogP contribution in [0.2, 0.25) is 0 Å².